The molecule has 1 aromatic heterocycles. The molecule has 2 aliphatic rings. The number of guanidine groups is 1. The molecule has 162 valence electrons. The highest BCUT2D eigenvalue weighted by Crippen LogP contribution is 2.23. The molecule has 1 saturated heterocycles. The molecule has 0 aromatic carbocycles. The van der Waals surface area contributed by atoms with Gasteiger partial charge in [0.15, 0.2) is 5.96 Å². The second-order valence-electron chi connectivity index (χ2n) is 7.58. The van der Waals surface area contributed by atoms with Crippen molar-refractivity contribution in [3.63, 3.8) is 0 Å². The largest absolute Gasteiger partial charge is 0.378 e. The molecular formula is C21H35N5O2S. The van der Waals surface area contributed by atoms with Crippen LogP contribution in [-0.4, -0.2) is 65.0 Å². The van der Waals surface area contributed by atoms with E-state index in [1.54, 1.807) is 0 Å². The fourth-order valence-corrected chi connectivity index (χ4v) is 5.39. The molecule has 1 aliphatic carbocycles. The summed E-state index contributed by atoms with van der Waals surface area (Å²) in [4.78, 5) is 11.7. The summed E-state index contributed by atoms with van der Waals surface area (Å²) in [5, 5.41) is 7.26. The summed E-state index contributed by atoms with van der Waals surface area (Å²) < 4.78 is 17.7. The molecule has 3 unspecified atom stereocenters. The van der Waals surface area contributed by atoms with Gasteiger partial charge in [0.1, 0.15) is 5.82 Å². The topological polar surface area (TPSA) is 78.8 Å². The van der Waals surface area contributed by atoms with Crippen molar-refractivity contribution in [3.05, 3.63) is 23.9 Å². The number of hydrogen-bond donors (Lipinski definition) is 2. The Hall–Kier alpha value is -1.67. The normalized spacial score (nSPS) is 24.2. The van der Waals surface area contributed by atoms with E-state index in [1.807, 2.05) is 19.2 Å². The number of aromatic nitrogens is 1. The van der Waals surface area contributed by atoms with Crippen molar-refractivity contribution in [2.24, 2.45) is 4.99 Å². The van der Waals surface area contributed by atoms with Crippen molar-refractivity contribution >= 4 is 22.6 Å². The summed E-state index contributed by atoms with van der Waals surface area (Å²) in [6.45, 7) is 8.69. The fraction of sp³-hybridized carbons (Fsp3) is 0.714. The van der Waals surface area contributed by atoms with Crippen LogP contribution in [0.4, 0.5) is 5.82 Å². The molecule has 1 saturated carbocycles. The number of rotatable bonds is 7. The number of anilines is 1. The van der Waals surface area contributed by atoms with E-state index in [0.717, 1.165) is 81.6 Å². The molecule has 0 spiro atoms. The molecule has 29 heavy (non-hydrogen) atoms. The first kappa shape index (κ1) is 22.0. The maximum absolute atomic E-state index is 12.2. The highest BCUT2D eigenvalue weighted by atomic mass is 32.2. The third-order valence-electron chi connectivity index (χ3n) is 5.55. The third-order valence-corrected chi connectivity index (χ3v) is 7.29. The first-order chi connectivity index (χ1) is 14.2. The lowest BCUT2D eigenvalue weighted by atomic mass is 9.95. The average Bonchev–Trinajstić information content (AvgIpc) is 2.78. The minimum atomic E-state index is -0.717. The zero-order valence-electron chi connectivity index (χ0n) is 17.7. The zero-order valence-corrected chi connectivity index (χ0v) is 18.5. The lowest BCUT2D eigenvalue weighted by Crippen LogP contribution is -2.46. The highest BCUT2D eigenvalue weighted by molar-refractivity contribution is 7.85. The Kier molecular flexibility index (Phi) is 8.73. The Morgan fingerprint density at radius 1 is 1.34 bits per heavy atom. The monoisotopic (exact) mass is 421 g/mol. The van der Waals surface area contributed by atoms with Crippen molar-refractivity contribution in [1.82, 2.24) is 15.6 Å². The van der Waals surface area contributed by atoms with E-state index < -0.39 is 10.8 Å². The number of nitrogens with zero attached hydrogens (tertiary/aromatic N) is 3. The number of hydrogen-bond acceptors (Lipinski definition) is 5. The summed E-state index contributed by atoms with van der Waals surface area (Å²) in [7, 11) is -0.717. The van der Waals surface area contributed by atoms with Gasteiger partial charge in [-0.3, -0.25) is 4.21 Å². The second-order valence-corrected chi connectivity index (χ2v) is 9.59. The van der Waals surface area contributed by atoms with E-state index in [4.69, 9.17) is 9.73 Å². The number of ether oxygens (including phenoxy) is 1. The standard InChI is InChI=1S/C21H35N5O2S/c1-3-22-21(25-18-8-5-9-19(15-18)29(27)4-2)24-16-17-7-6-10-23-20(17)26-11-13-28-14-12-26/h6-7,10,18-19H,3-5,8-9,11-16H2,1-2H3,(H2,22,24,25). The van der Waals surface area contributed by atoms with Gasteiger partial charge in [-0.2, -0.15) is 0 Å². The van der Waals surface area contributed by atoms with Gasteiger partial charge in [0.2, 0.25) is 0 Å². The van der Waals surface area contributed by atoms with Gasteiger partial charge in [0, 0.05) is 59.2 Å². The van der Waals surface area contributed by atoms with Gasteiger partial charge in [-0.25, -0.2) is 9.98 Å². The van der Waals surface area contributed by atoms with Gasteiger partial charge in [0.05, 0.1) is 19.8 Å². The molecule has 1 aromatic rings. The van der Waals surface area contributed by atoms with Crippen LogP contribution in [0.15, 0.2) is 23.3 Å². The summed E-state index contributed by atoms with van der Waals surface area (Å²) in [5.74, 6) is 2.58. The SMILES string of the molecule is CCNC(=NCc1cccnc1N1CCOCC1)NC1CCCC(S(=O)CC)C1. The van der Waals surface area contributed by atoms with Crippen LogP contribution in [0.3, 0.4) is 0 Å². The van der Waals surface area contributed by atoms with Crippen molar-refractivity contribution < 1.29 is 8.95 Å². The third kappa shape index (κ3) is 6.40. The summed E-state index contributed by atoms with van der Waals surface area (Å²) >= 11 is 0. The van der Waals surface area contributed by atoms with Gasteiger partial charge < -0.3 is 20.3 Å². The Balaban J connectivity index is 1.66. The van der Waals surface area contributed by atoms with E-state index in [-0.39, 0.29) is 0 Å². The predicted octanol–water partition coefficient (Wildman–Crippen LogP) is 2.05. The van der Waals surface area contributed by atoms with Crippen LogP contribution < -0.4 is 15.5 Å². The minimum Gasteiger partial charge on any atom is -0.378 e. The van der Waals surface area contributed by atoms with Gasteiger partial charge in [-0.15, -0.1) is 0 Å². The van der Waals surface area contributed by atoms with Crippen LogP contribution in [0.2, 0.25) is 0 Å². The smallest absolute Gasteiger partial charge is 0.191 e. The average molecular weight is 422 g/mol. The van der Waals surface area contributed by atoms with Gasteiger partial charge in [-0.1, -0.05) is 19.4 Å². The lowest BCUT2D eigenvalue weighted by Gasteiger charge is -2.30. The first-order valence-electron chi connectivity index (χ1n) is 10.9. The predicted molar refractivity (Wildman–Crippen MR) is 120 cm³/mol. The number of nitrogens with one attached hydrogen (secondary N) is 2. The van der Waals surface area contributed by atoms with Crippen LogP contribution in [0.5, 0.6) is 0 Å². The quantitative estimate of drug-likeness (QED) is 0.518. The Morgan fingerprint density at radius 2 is 2.17 bits per heavy atom. The van der Waals surface area contributed by atoms with E-state index in [0.29, 0.717) is 17.8 Å². The molecule has 2 heterocycles. The van der Waals surface area contributed by atoms with Crippen LogP contribution >= 0.6 is 0 Å². The molecule has 3 atom stereocenters. The number of pyridine rings is 1. The van der Waals surface area contributed by atoms with Crippen molar-refractivity contribution in [2.75, 3.05) is 43.5 Å². The first-order valence-corrected chi connectivity index (χ1v) is 12.3. The molecule has 3 rings (SSSR count). The van der Waals surface area contributed by atoms with E-state index in [9.17, 15) is 4.21 Å². The maximum Gasteiger partial charge on any atom is 0.191 e. The molecule has 0 bridgehead atoms. The zero-order chi connectivity index (χ0) is 20.5. The van der Waals surface area contributed by atoms with Crippen LogP contribution in [0.25, 0.3) is 0 Å². The van der Waals surface area contributed by atoms with Crippen LogP contribution in [0, 0.1) is 0 Å². The lowest BCUT2D eigenvalue weighted by molar-refractivity contribution is 0.122. The number of aliphatic imine (C=N–C) groups is 1. The molecule has 7 nitrogen and oxygen atoms in total. The van der Waals surface area contributed by atoms with Crippen molar-refractivity contribution in [2.45, 2.75) is 57.4 Å². The van der Waals surface area contributed by atoms with Crippen LogP contribution in [-0.2, 0) is 22.1 Å². The molecule has 1 aliphatic heterocycles. The highest BCUT2D eigenvalue weighted by Gasteiger charge is 2.26. The van der Waals surface area contributed by atoms with Gasteiger partial charge >= 0.3 is 0 Å². The summed E-state index contributed by atoms with van der Waals surface area (Å²) in [6, 6.07) is 4.40. The van der Waals surface area contributed by atoms with Gasteiger partial charge in [-0.05, 0) is 32.3 Å². The Morgan fingerprint density at radius 3 is 2.93 bits per heavy atom. The Labute approximate surface area is 177 Å². The molecule has 2 fully saturated rings. The summed E-state index contributed by atoms with van der Waals surface area (Å²) in [5.41, 5.74) is 1.13. The molecule has 8 heteroatoms. The second kappa shape index (κ2) is 11.5. The van der Waals surface area contributed by atoms with E-state index in [1.165, 1.54) is 0 Å². The number of morpholine rings is 1. The molecular weight excluding hydrogens is 386 g/mol. The Bertz CT molecular complexity index is 693. The van der Waals surface area contributed by atoms with Gasteiger partial charge in [0.25, 0.3) is 0 Å². The van der Waals surface area contributed by atoms with E-state index in [2.05, 4.69) is 33.5 Å². The molecule has 0 radical (unpaired) electrons. The van der Waals surface area contributed by atoms with E-state index >= 15 is 0 Å². The fourth-order valence-electron chi connectivity index (χ4n) is 4.04. The van der Waals surface area contributed by atoms with Crippen molar-refractivity contribution in [3.8, 4) is 0 Å². The summed E-state index contributed by atoms with van der Waals surface area (Å²) in [6.07, 6.45) is 6.10. The molecule has 2 N–H and O–H groups in total. The van der Waals surface area contributed by atoms with Crippen LogP contribution in [0.1, 0.15) is 45.1 Å². The minimum absolute atomic E-state index is 0.306. The maximum atomic E-state index is 12.2. The van der Waals surface area contributed by atoms with Crippen molar-refractivity contribution in [1.29, 1.82) is 0 Å². The molecule has 0 amide bonds.